The summed E-state index contributed by atoms with van der Waals surface area (Å²) in [6, 6.07) is 41.6. The lowest BCUT2D eigenvalue weighted by Crippen LogP contribution is -2.45. The van der Waals surface area contributed by atoms with E-state index in [1.165, 1.54) is 42.1 Å². The fourth-order valence-corrected chi connectivity index (χ4v) is 11.4. The quantitative estimate of drug-likeness (QED) is 0.0554. The molecule has 0 saturated carbocycles. The summed E-state index contributed by atoms with van der Waals surface area (Å²) in [5.74, 6) is 0.655. The Morgan fingerprint density at radius 3 is 1.81 bits per heavy atom. The summed E-state index contributed by atoms with van der Waals surface area (Å²) in [6.07, 6.45) is 8.51. The van der Waals surface area contributed by atoms with Gasteiger partial charge < -0.3 is 28.4 Å². The number of unbranched alkanes of at least 4 members (excludes halogenated alkanes) is 4. The van der Waals surface area contributed by atoms with Gasteiger partial charge in [0.15, 0.2) is 0 Å². The van der Waals surface area contributed by atoms with Crippen LogP contribution in [0.5, 0.6) is 0 Å². The molecule has 0 atom stereocenters. The van der Waals surface area contributed by atoms with Crippen molar-refractivity contribution in [3.05, 3.63) is 126 Å². The summed E-state index contributed by atoms with van der Waals surface area (Å²) in [6.45, 7) is 13.5. The number of hydrogen-bond donors (Lipinski definition) is 0. The zero-order chi connectivity index (χ0) is 47.3. The lowest BCUT2D eigenvalue weighted by molar-refractivity contribution is -0.150. The van der Waals surface area contributed by atoms with Crippen molar-refractivity contribution in [3.63, 3.8) is 0 Å². The van der Waals surface area contributed by atoms with Crippen molar-refractivity contribution in [3.8, 4) is 17.2 Å². The number of ether oxygens (including phenoxy) is 6. The lowest BCUT2D eigenvalue weighted by atomic mass is 9.84. The molecule has 0 spiro atoms. The molecule has 0 unspecified atom stereocenters. The summed E-state index contributed by atoms with van der Waals surface area (Å²) in [5.41, 5.74) is 7.92. The minimum absolute atomic E-state index is 0.232. The molecule has 10 heteroatoms. The monoisotopic (exact) mass is 955 g/mol. The zero-order valence-corrected chi connectivity index (χ0v) is 41.6. The average Bonchev–Trinajstić information content (AvgIpc) is 3.90. The van der Waals surface area contributed by atoms with E-state index in [-0.39, 0.29) is 10.8 Å². The SMILES string of the molecule is CCC1(COCCCCCOCc2ccc3sc4cc5c(cc4c3c2)c2cc(COCCCCCOCC3(CC)COC3)c3ccccc3c2n5-c2nc(-c3ccccc3)c3ccccc3n2)COC1. The summed E-state index contributed by atoms with van der Waals surface area (Å²) in [7, 11) is 0. The molecule has 362 valence electrons. The van der Waals surface area contributed by atoms with Crippen LogP contribution in [0.2, 0.25) is 0 Å². The summed E-state index contributed by atoms with van der Waals surface area (Å²) in [4.78, 5) is 10.8. The third-order valence-corrected chi connectivity index (χ3v) is 16.1. The highest BCUT2D eigenvalue weighted by Crippen LogP contribution is 2.44. The van der Waals surface area contributed by atoms with Gasteiger partial charge >= 0.3 is 0 Å². The Morgan fingerprint density at radius 2 is 1.14 bits per heavy atom. The molecule has 2 fully saturated rings. The van der Waals surface area contributed by atoms with Crippen molar-refractivity contribution in [1.82, 2.24) is 14.5 Å². The molecule has 9 aromatic rings. The molecular formula is C60H65N3O6S. The highest BCUT2D eigenvalue weighted by Gasteiger charge is 2.37. The van der Waals surface area contributed by atoms with Crippen LogP contribution < -0.4 is 0 Å². The van der Waals surface area contributed by atoms with Crippen LogP contribution in [0.3, 0.4) is 0 Å². The summed E-state index contributed by atoms with van der Waals surface area (Å²) < 4.78 is 40.6. The van der Waals surface area contributed by atoms with Gasteiger partial charge in [0.05, 0.1) is 75.1 Å². The first-order valence-electron chi connectivity index (χ1n) is 25.7. The topological polar surface area (TPSA) is 86.1 Å². The standard InChI is InChI=1S/C60H65N3O6S/c1-3-59(38-68-39-59)36-66-28-16-6-14-26-64-34-42-24-25-54-49(30-42)50-32-48-51-31-44(35-65-27-15-7-17-29-67-37-60(4-2)40-69-41-60)45-20-10-11-21-46(45)57(51)63(53(48)33-55(50)70-54)58-61-52-23-13-12-22-47(52)56(62-58)43-18-8-5-9-19-43/h5,8-13,18-25,30-33H,3-4,6-7,14-17,26-29,34-41H2,1-2H3. The average molecular weight is 956 g/mol. The van der Waals surface area contributed by atoms with Gasteiger partial charge in [-0.2, -0.15) is 0 Å². The van der Waals surface area contributed by atoms with Crippen LogP contribution in [0.15, 0.2) is 115 Å². The van der Waals surface area contributed by atoms with Gasteiger partial charge in [-0.3, -0.25) is 4.57 Å². The first kappa shape index (κ1) is 47.0. The predicted octanol–water partition coefficient (Wildman–Crippen LogP) is 14.2. The molecular weight excluding hydrogens is 891 g/mol. The third-order valence-electron chi connectivity index (χ3n) is 15.0. The molecule has 9 nitrogen and oxygen atoms in total. The van der Waals surface area contributed by atoms with E-state index in [2.05, 4.69) is 134 Å². The zero-order valence-electron chi connectivity index (χ0n) is 40.8. The van der Waals surface area contributed by atoms with E-state index in [0.717, 1.165) is 155 Å². The van der Waals surface area contributed by atoms with Crippen molar-refractivity contribution >= 4 is 75.0 Å². The Bertz CT molecular complexity index is 3240. The minimum Gasteiger partial charge on any atom is -0.381 e. The van der Waals surface area contributed by atoms with E-state index in [9.17, 15) is 0 Å². The van der Waals surface area contributed by atoms with Gasteiger partial charge in [0.2, 0.25) is 5.95 Å². The molecule has 5 heterocycles. The van der Waals surface area contributed by atoms with Crippen LogP contribution in [0.25, 0.3) is 80.9 Å². The van der Waals surface area contributed by atoms with Gasteiger partial charge in [0, 0.05) is 84.5 Å². The highest BCUT2D eigenvalue weighted by molar-refractivity contribution is 7.25. The molecule has 3 aromatic heterocycles. The molecule has 70 heavy (non-hydrogen) atoms. The van der Waals surface area contributed by atoms with E-state index in [4.69, 9.17) is 38.4 Å². The Morgan fingerprint density at radius 1 is 0.529 bits per heavy atom. The molecule has 0 bridgehead atoms. The number of aromatic nitrogens is 3. The molecule has 2 saturated heterocycles. The number of hydrogen-bond acceptors (Lipinski definition) is 9. The van der Waals surface area contributed by atoms with Crippen molar-refractivity contribution in [1.29, 1.82) is 0 Å². The second-order valence-corrected chi connectivity index (χ2v) is 21.0. The van der Waals surface area contributed by atoms with Crippen LogP contribution in [0, 0.1) is 10.8 Å². The first-order chi connectivity index (χ1) is 34.5. The van der Waals surface area contributed by atoms with Gasteiger partial charge in [0.1, 0.15) is 0 Å². The Balaban J connectivity index is 0.891. The van der Waals surface area contributed by atoms with Gasteiger partial charge in [-0.25, -0.2) is 9.97 Å². The molecule has 2 aliphatic rings. The van der Waals surface area contributed by atoms with E-state index < -0.39 is 0 Å². The number of fused-ring (bicyclic) bond motifs is 9. The van der Waals surface area contributed by atoms with Crippen molar-refractivity contribution in [2.24, 2.45) is 10.8 Å². The highest BCUT2D eigenvalue weighted by atomic mass is 32.1. The third kappa shape index (κ3) is 9.60. The summed E-state index contributed by atoms with van der Waals surface area (Å²) in [5, 5.41) is 8.20. The van der Waals surface area contributed by atoms with Crippen LogP contribution >= 0.6 is 11.3 Å². The minimum atomic E-state index is 0.232. The van der Waals surface area contributed by atoms with Crippen molar-refractivity contribution in [2.45, 2.75) is 78.4 Å². The number of nitrogens with zero attached hydrogens (tertiary/aromatic N) is 3. The predicted molar refractivity (Wildman–Crippen MR) is 285 cm³/mol. The molecule has 6 aromatic carbocycles. The van der Waals surface area contributed by atoms with Crippen molar-refractivity contribution in [2.75, 3.05) is 66.1 Å². The maximum absolute atomic E-state index is 6.51. The number of rotatable bonds is 24. The number of benzene rings is 6. The smallest absolute Gasteiger partial charge is 0.235 e. The normalized spacial score (nSPS) is 15.5. The number of para-hydroxylation sites is 1. The van der Waals surface area contributed by atoms with E-state index in [0.29, 0.717) is 25.8 Å². The van der Waals surface area contributed by atoms with E-state index >= 15 is 0 Å². The largest absolute Gasteiger partial charge is 0.381 e. The van der Waals surface area contributed by atoms with E-state index in [1.807, 2.05) is 11.3 Å². The number of thiophene rings is 1. The maximum atomic E-state index is 6.51. The van der Waals surface area contributed by atoms with Crippen LogP contribution in [-0.4, -0.2) is 80.6 Å². The molecule has 2 aliphatic heterocycles. The second-order valence-electron chi connectivity index (χ2n) is 19.9. The van der Waals surface area contributed by atoms with Crippen LogP contribution in [-0.2, 0) is 41.6 Å². The van der Waals surface area contributed by atoms with Gasteiger partial charge in [-0.15, -0.1) is 11.3 Å². The van der Waals surface area contributed by atoms with Crippen LogP contribution in [0.1, 0.15) is 76.3 Å². The van der Waals surface area contributed by atoms with E-state index in [1.54, 1.807) is 0 Å². The molecule has 0 radical (unpaired) electrons. The molecule has 0 aliphatic carbocycles. The Kier molecular flexibility index (Phi) is 14.2. The van der Waals surface area contributed by atoms with Gasteiger partial charge in [0.25, 0.3) is 0 Å². The molecule has 0 amide bonds. The fourth-order valence-electron chi connectivity index (χ4n) is 10.3. The molecule has 0 N–H and O–H groups in total. The van der Waals surface area contributed by atoms with Gasteiger partial charge in [-0.1, -0.05) is 92.7 Å². The van der Waals surface area contributed by atoms with Crippen LogP contribution in [0.4, 0.5) is 0 Å². The first-order valence-corrected chi connectivity index (χ1v) is 26.5. The fraction of sp³-hybridized carbons (Fsp3) is 0.400. The maximum Gasteiger partial charge on any atom is 0.235 e. The Hall–Kier alpha value is -5.30. The molecule has 11 rings (SSSR count). The summed E-state index contributed by atoms with van der Waals surface area (Å²) >= 11 is 1.84. The van der Waals surface area contributed by atoms with Crippen molar-refractivity contribution < 1.29 is 28.4 Å². The van der Waals surface area contributed by atoms with Gasteiger partial charge in [-0.05, 0) is 104 Å². The lowest BCUT2D eigenvalue weighted by Gasteiger charge is -2.40. The Labute approximate surface area is 415 Å². The second kappa shape index (κ2) is 21.2.